The first-order valence-electron chi connectivity index (χ1n) is 7.18. The van der Waals surface area contributed by atoms with Crippen LogP contribution in [0.15, 0.2) is 18.2 Å². The number of aliphatic hydroxyl groups is 1. The molecule has 0 aliphatic carbocycles. The van der Waals surface area contributed by atoms with E-state index in [4.69, 9.17) is 4.74 Å². The predicted octanol–water partition coefficient (Wildman–Crippen LogP) is 2.34. The van der Waals surface area contributed by atoms with Gasteiger partial charge in [0, 0.05) is 25.1 Å². The Morgan fingerprint density at radius 3 is 2.90 bits per heavy atom. The average Bonchev–Trinajstić information content (AvgIpc) is 2.62. The van der Waals surface area contributed by atoms with Gasteiger partial charge in [0.1, 0.15) is 5.75 Å². The van der Waals surface area contributed by atoms with E-state index >= 15 is 0 Å². The van der Waals surface area contributed by atoms with Gasteiger partial charge in [0.2, 0.25) is 5.91 Å². The second-order valence-electron chi connectivity index (χ2n) is 5.55. The van der Waals surface area contributed by atoms with Gasteiger partial charge in [0.15, 0.2) is 0 Å². The van der Waals surface area contributed by atoms with E-state index in [-0.39, 0.29) is 12.5 Å². The van der Waals surface area contributed by atoms with Crippen molar-refractivity contribution in [2.45, 2.75) is 39.3 Å². The smallest absolute Gasteiger partial charge is 0.222 e. The van der Waals surface area contributed by atoms with Crippen molar-refractivity contribution in [3.05, 3.63) is 29.3 Å². The molecule has 1 aliphatic heterocycles. The van der Waals surface area contributed by atoms with Crippen LogP contribution in [0.1, 0.15) is 37.3 Å². The fraction of sp³-hybridized carbons (Fsp3) is 0.562. The Morgan fingerprint density at radius 1 is 1.40 bits per heavy atom. The summed E-state index contributed by atoms with van der Waals surface area (Å²) >= 11 is 0. The van der Waals surface area contributed by atoms with E-state index in [1.54, 1.807) is 7.11 Å². The van der Waals surface area contributed by atoms with E-state index in [1.165, 1.54) is 0 Å². The number of carbonyl (C=O) groups is 1. The summed E-state index contributed by atoms with van der Waals surface area (Å²) in [5.74, 6) is 1.59. The normalized spacial score (nSPS) is 19.9. The molecule has 1 aromatic carbocycles. The molecule has 0 bridgehead atoms. The predicted molar refractivity (Wildman–Crippen MR) is 77.3 cm³/mol. The first-order chi connectivity index (χ1) is 9.63. The van der Waals surface area contributed by atoms with Gasteiger partial charge < -0.3 is 14.7 Å². The minimum absolute atomic E-state index is 0.00196. The highest BCUT2D eigenvalue weighted by Crippen LogP contribution is 2.24. The van der Waals surface area contributed by atoms with Gasteiger partial charge >= 0.3 is 0 Å². The number of benzene rings is 1. The Bertz CT molecular complexity index is 473. The van der Waals surface area contributed by atoms with Gasteiger partial charge in [-0.25, -0.2) is 0 Å². The lowest BCUT2D eigenvalue weighted by atomic mass is 10.0. The van der Waals surface area contributed by atoms with Crippen molar-refractivity contribution in [1.29, 1.82) is 0 Å². The van der Waals surface area contributed by atoms with Crippen LogP contribution in [-0.2, 0) is 17.9 Å². The van der Waals surface area contributed by atoms with Gasteiger partial charge in [0.25, 0.3) is 0 Å². The quantitative estimate of drug-likeness (QED) is 0.919. The summed E-state index contributed by atoms with van der Waals surface area (Å²) in [6, 6.07) is 5.61. The van der Waals surface area contributed by atoms with Gasteiger partial charge in [0.05, 0.1) is 13.7 Å². The van der Waals surface area contributed by atoms with E-state index in [0.717, 1.165) is 36.3 Å². The van der Waals surface area contributed by atoms with Gasteiger partial charge in [-0.2, -0.15) is 0 Å². The van der Waals surface area contributed by atoms with Crippen LogP contribution in [0.5, 0.6) is 5.75 Å². The molecule has 1 aliphatic rings. The number of hydrogen-bond acceptors (Lipinski definition) is 3. The molecule has 20 heavy (non-hydrogen) atoms. The van der Waals surface area contributed by atoms with Crippen molar-refractivity contribution >= 4 is 5.91 Å². The number of carbonyl (C=O) groups excluding carboxylic acids is 1. The molecule has 4 heteroatoms. The monoisotopic (exact) mass is 277 g/mol. The molecule has 1 amide bonds. The Kier molecular flexibility index (Phi) is 5.01. The Morgan fingerprint density at radius 2 is 2.20 bits per heavy atom. The number of ether oxygens (including phenoxy) is 1. The minimum Gasteiger partial charge on any atom is -0.496 e. The van der Waals surface area contributed by atoms with Crippen molar-refractivity contribution in [2.75, 3.05) is 13.7 Å². The van der Waals surface area contributed by atoms with E-state index in [9.17, 15) is 9.90 Å². The number of rotatable bonds is 4. The van der Waals surface area contributed by atoms with E-state index < -0.39 is 0 Å². The maximum Gasteiger partial charge on any atom is 0.222 e. The van der Waals surface area contributed by atoms with Crippen molar-refractivity contribution in [1.82, 2.24) is 4.90 Å². The number of aliphatic hydroxyl groups excluding tert-OH is 1. The first kappa shape index (κ1) is 14.9. The number of amides is 1. The lowest BCUT2D eigenvalue weighted by Gasteiger charge is -2.22. The number of methoxy groups -OCH3 is 1. The van der Waals surface area contributed by atoms with Crippen molar-refractivity contribution in [3.8, 4) is 5.75 Å². The summed E-state index contributed by atoms with van der Waals surface area (Å²) in [7, 11) is 1.63. The fourth-order valence-corrected chi connectivity index (χ4v) is 2.60. The van der Waals surface area contributed by atoms with Crippen molar-refractivity contribution in [2.24, 2.45) is 5.92 Å². The van der Waals surface area contributed by atoms with Gasteiger partial charge in [-0.05, 0) is 36.5 Å². The second kappa shape index (κ2) is 6.75. The van der Waals surface area contributed by atoms with Crippen LogP contribution in [-0.4, -0.2) is 29.6 Å². The SMILES string of the molecule is COc1ccc(CO)cc1CN1CCC(C)CCC1=O. The molecule has 0 radical (unpaired) electrons. The van der Waals surface area contributed by atoms with Crippen LogP contribution < -0.4 is 4.74 Å². The third-order valence-electron chi connectivity index (χ3n) is 3.98. The van der Waals surface area contributed by atoms with E-state index in [1.807, 2.05) is 23.1 Å². The maximum atomic E-state index is 12.2. The molecular formula is C16H23NO3. The molecule has 4 nitrogen and oxygen atoms in total. The van der Waals surface area contributed by atoms with Crippen LogP contribution in [0.3, 0.4) is 0 Å². The zero-order chi connectivity index (χ0) is 14.5. The Labute approximate surface area is 120 Å². The molecule has 2 rings (SSSR count). The molecule has 1 N–H and O–H groups in total. The van der Waals surface area contributed by atoms with Crippen LogP contribution in [0.4, 0.5) is 0 Å². The summed E-state index contributed by atoms with van der Waals surface area (Å²) in [6.45, 7) is 3.56. The molecule has 0 saturated carbocycles. The highest BCUT2D eigenvalue weighted by atomic mass is 16.5. The standard InChI is InChI=1S/C16H23NO3/c1-12-3-6-16(19)17(8-7-12)10-14-9-13(11-18)4-5-15(14)20-2/h4-5,9,12,18H,3,6-8,10-11H2,1-2H3. The Balaban J connectivity index is 2.17. The van der Waals surface area contributed by atoms with Crippen LogP contribution >= 0.6 is 0 Å². The topological polar surface area (TPSA) is 49.8 Å². The molecule has 1 atom stereocenters. The molecule has 110 valence electrons. The molecule has 1 unspecified atom stereocenters. The number of likely N-dealkylation sites (tertiary alicyclic amines) is 1. The third kappa shape index (κ3) is 3.51. The molecule has 1 heterocycles. The lowest BCUT2D eigenvalue weighted by Crippen LogP contribution is -2.30. The van der Waals surface area contributed by atoms with Gasteiger partial charge in [-0.15, -0.1) is 0 Å². The Hall–Kier alpha value is -1.55. The van der Waals surface area contributed by atoms with E-state index in [2.05, 4.69) is 6.92 Å². The largest absolute Gasteiger partial charge is 0.496 e. The van der Waals surface area contributed by atoms with Gasteiger partial charge in [-0.1, -0.05) is 13.0 Å². The third-order valence-corrected chi connectivity index (χ3v) is 3.98. The molecule has 1 fully saturated rings. The maximum absolute atomic E-state index is 12.2. The molecule has 0 aromatic heterocycles. The summed E-state index contributed by atoms with van der Waals surface area (Å²) in [5.41, 5.74) is 1.80. The molecular weight excluding hydrogens is 254 g/mol. The zero-order valence-electron chi connectivity index (χ0n) is 12.3. The van der Waals surface area contributed by atoms with E-state index in [0.29, 0.717) is 18.9 Å². The lowest BCUT2D eigenvalue weighted by molar-refractivity contribution is -0.131. The average molecular weight is 277 g/mol. The van der Waals surface area contributed by atoms with Crippen molar-refractivity contribution < 1.29 is 14.6 Å². The second-order valence-corrected chi connectivity index (χ2v) is 5.55. The summed E-state index contributed by atoms with van der Waals surface area (Å²) in [4.78, 5) is 14.1. The minimum atomic E-state index is 0.00196. The fourth-order valence-electron chi connectivity index (χ4n) is 2.60. The summed E-state index contributed by atoms with van der Waals surface area (Å²) < 4.78 is 5.35. The highest BCUT2D eigenvalue weighted by molar-refractivity contribution is 5.76. The zero-order valence-corrected chi connectivity index (χ0v) is 12.3. The number of nitrogens with zero attached hydrogens (tertiary/aromatic N) is 1. The van der Waals surface area contributed by atoms with Gasteiger partial charge in [-0.3, -0.25) is 4.79 Å². The molecule has 1 aromatic rings. The summed E-state index contributed by atoms with van der Waals surface area (Å²) in [6.07, 6.45) is 2.65. The van der Waals surface area contributed by atoms with Crippen LogP contribution in [0.25, 0.3) is 0 Å². The number of hydrogen-bond donors (Lipinski definition) is 1. The summed E-state index contributed by atoms with van der Waals surface area (Å²) in [5, 5.41) is 9.24. The molecule has 1 saturated heterocycles. The molecule has 0 spiro atoms. The first-order valence-corrected chi connectivity index (χ1v) is 7.18. The van der Waals surface area contributed by atoms with Crippen LogP contribution in [0.2, 0.25) is 0 Å². The highest BCUT2D eigenvalue weighted by Gasteiger charge is 2.21. The van der Waals surface area contributed by atoms with Crippen molar-refractivity contribution in [3.63, 3.8) is 0 Å². The van der Waals surface area contributed by atoms with Crippen LogP contribution in [0, 0.1) is 5.92 Å².